The Balaban J connectivity index is 3.77. The zero-order valence-corrected chi connectivity index (χ0v) is 54.8. The van der Waals surface area contributed by atoms with Gasteiger partial charge in [0, 0.05) is 19.4 Å². The minimum Gasteiger partial charge on any atom is -0.462 e. The fourth-order valence-corrected chi connectivity index (χ4v) is 12.2. The molecule has 0 amide bonds. The van der Waals surface area contributed by atoms with E-state index in [0.717, 1.165) is 32.1 Å². The Morgan fingerprint density at radius 3 is 0.762 bits per heavy atom. The van der Waals surface area contributed by atoms with Crippen LogP contribution in [0.15, 0.2) is 0 Å². The number of ether oxygens (including phenoxy) is 2. The summed E-state index contributed by atoms with van der Waals surface area (Å²) in [6, 6.07) is 0. The maximum Gasteiger partial charge on any atom is 0.472 e. The molecule has 0 saturated carbocycles. The standard InChI is InChI=1S/C70H140NO8P/c1-3-5-7-9-11-13-15-17-19-21-23-25-27-29-31-32-33-34-35-36-37-39-41-43-45-47-49-51-53-55-57-59-61-63-70(73)79-68(67-78-80(74,75)77-65-64-71)66-76-69(72)62-60-58-56-54-52-50-48-46-44-42-40-38-30-28-26-24-22-20-18-16-14-12-10-8-6-4-2/h68H,3-67,71H2,1-2H3,(H,74,75). The number of unbranched alkanes of at least 4 members (excludes halogenated alkanes) is 57. The lowest BCUT2D eigenvalue weighted by Gasteiger charge is -2.19. The van der Waals surface area contributed by atoms with E-state index in [-0.39, 0.29) is 32.1 Å². The summed E-state index contributed by atoms with van der Waals surface area (Å²) in [5.74, 6) is -0.796. The summed E-state index contributed by atoms with van der Waals surface area (Å²) in [5.41, 5.74) is 5.40. The van der Waals surface area contributed by atoms with Gasteiger partial charge in [-0.2, -0.15) is 0 Å². The lowest BCUT2D eigenvalue weighted by Crippen LogP contribution is -2.29. The smallest absolute Gasteiger partial charge is 0.462 e. The van der Waals surface area contributed by atoms with E-state index < -0.39 is 26.5 Å². The molecule has 0 heterocycles. The maximum atomic E-state index is 12.8. The third-order valence-electron chi connectivity index (χ3n) is 16.7. The molecule has 0 aromatic rings. The van der Waals surface area contributed by atoms with Crippen LogP contribution in [0.5, 0.6) is 0 Å². The van der Waals surface area contributed by atoms with Crippen LogP contribution in [0.25, 0.3) is 0 Å². The number of carbonyl (C=O) groups is 2. The topological polar surface area (TPSA) is 134 Å². The number of carbonyl (C=O) groups excluding carboxylic acids is 2. The summed E-state index contributed by atoms with van der Waals surface area (Å²) < 4.78 is 33.2. The lowest BCUT2D eigenvalue weighted by atomic mass is 10.0. The number of nitrogens with two attached hydrogens (primary N) is 1. The van der Waals surface area contributed by atoms with E-state index in [9.17, 15) is 19.0 Å². The van der Waals surface area contributed by atoms with Crippen molar-refractivity contribution >= 4 is 19.8 Å². The third kappa shape index (κ3) is 66.2. The molecule has 0 aliphatic carbocycles. The molecule has 9 nitrogen and oxygen atoms in total. The summed E-state index contributed by atoms with van der Waals surface area (Å²) in [4.78, 5) is 35.4. The van der Waals surface area contributed by atoms with Crippen LogP contribution in [0, 0.1) is 0 Å². The first kappa shape index (κ1) is 79.0. The SMILES string of the molecule is CCCCCCCCCCCCCCCCCCCCCCCCCCCCCCCCCCCC(=O)OC(COC(=O)CCCCCCCCCCCCCCCCCCCCCCCCCCCC)COP(=O)(O)OCCN. The van der Waals surface area contributed by atoms with Crippen molar-refractivity contribution in [3.05, 3.63) is 0 Å². The molecule has 0 saturated heterocycles. The van der Waals surface area contributed by atoms with Gasteiger partial charge in [0.25, 0.3) is 0 Å². The van der Waals surface area contributed by atoms with Crippen molar-refractivity contribution in [3.8, 4) is 0 Å². The lowest BCUT2D eigenvalue weighted by molar-refractivity contribution is -0.161. The number of rotatable bonds is 70. The molecule has 0 radical (unpaired) electrons. The van der Waals surface area contributed by atoms with Crippen molar-refractivity contribution in [3.63, 3.8) is 0 Å². The number of esters is 2. The molecular weight excluding hydrogens is 1010 g/mol. The zero-order valence-electron chi connectivity index (χ0n) is 53.9. The molecule has 0 spiro atoms. The Labute approximate surface area is 498 Å². The van der Waals surface area contributed by atoms with Gasteiger partial charge in [0.2, 0.25) is 0 Å². The Morgan fingerprint density at radius 1 is 0.325 bits per heavy atom. The quantitative estimate of drug-likeness (QED) is 0.0347. The molecule has 3 N–H and O–H groups in total. The normalized spacial score (nSPS) is 12.8. The van der Waals surface area contributed by atoms with Crippen LogP contribution in [0.4, 0.5) is 0 Å². The van der Waals surface area contributed by atoms with Crippen LogP contribution < -0.4 is 5.73 Å². The molecule has 2 atom stereocenters. The maximum absolute atomic E-state index is 12.8. The molecule has 80 heavy (non-hydrogen) atoms. The summed E-state index contributed by atoms with van der Waals surface area (Å²) in [6.45, 7) is 3.85. The fourth-order valence-electron chi connectivity index (χ4n) is 11.4. The first-order valence-corrected chi connectivity index (χ1v) is 37.5. The second-order valence-electron chi connectivity index (χ2n) is 24.8. The number of phosphoric ester groups is 1. The average Bonchev–Trinajstić information content (AvgIpc) is 3.45. The highest BCUT2D eigenvalue weighted by Crippen LogP contribution is 2.43. The predicted octanol–water partition coefficient (Wildman–Crippen LogP) is 23.4. The summed E-state index contributed by atoms with van der Waals surface area (Å²) in [7, 11) is -4.39. The number of hydrogen-bond acceptors (Lipinski definition) is 8. The molecule has 478 valence electrons. The van der Waals surface area contributed by atoms with E-state index >= 15 is 0 Å². The van der Waals surface area contributed by atoms with Crippen molar-refractivity contribution in [2.24, 2.45) is 5.73 Å². The van der Waals surface area contributed by atoms with E-state index in [1.165, 1.54) is 340 Å². The van der Waals surface area contributed by atoms with Gasteiger partial charge in [0.05, 0.1) is 13.2 Å². The highest BCUT2D eigenvalue weighted by Gasteiger charge is 2.26. The predicted molar refractivity (Wildman–Crippen MR) is 345 cm³/mol. The molecule has 0 rings (SSSR count). The van der Waals surface area contributed by atoms with Gasteiger partial charge < -0.3 is 20.1 Å². The number of hydrogen-bond donors (Lipinski definition) is 2. The third-order valence-corrected chi connectivity index (χ3v) is 17.7. The van der Waals surface area contributed by atoms with Crippen molar-refractivity contribution in [1.82, 2.24) is 0 Å². The molecule has 0 aliphatic heterocycles. The van der Waals surface area contributed by atoms with Gasteiger partial charge in [-0.15, -0.1) is 0 Å². The van der Waals surface area contributed by atoms with Crippen molar-refractivity contribution in [2.45, 2.75) is 412 Å². The van der Waals surface area contributed by atoms with Gasteiger partial charge >= 0.3 is 19.8 Å². The highest BCUT2D eigenvalue weighted by atomic mass is 31.2. The van der Waals surface area contributed by atoms with Crippen molar-refractivity contribution in [1.29, 1.82) is 0 Å². The van der Waals surface area contributed by atoms with Gasteiger partial charge in [-0.25, -0.2) is 4.57 Å². The fraction of sp³-hybridized carbons (Fsp3) is 0.971. The minimum atomic E-state index is -4.39. The monoisotopic (exact) mass is 1150 g/mol. The molecule has 0 bridgehead atoms. The molecular formula is C70H140NO8P. The largest absolute Gasteiger partial charge is 0.472 e. The number of phosphoric acid groups is 1. The first-order valence-electron chi connectivity index (χ1n) is 36.0. The van der Waals surface area contributed by atoms with Crippen LogP contribution >= 0.6 is 7.82 Å². The van der Waals surface area contributed by atoms with Crippen LogP contribution in [0.2, 0.25) is 0 Å². The summed E-state index contributed by atoms with van der Waals surface area (Å²) in [6.07, 6.45) is 79.3. The van der Waals surface area contributed by atoms with Gasteiger partial charge in [-0.05, 0) is 12.8 Å². The van der Waals surface area contributed by atoms with E-state index in [4.69, 9.17) is 24.3 Å². The molecule has 10 heteroatoms. The molecule has 0 aliphatic rings. The Bertz CT molecular complexity index is 1270. The second kappa shape index (κ2) is 67.1. The highest BCUT2D eigenvalue weighted by molar-refractivity contribution is 7.47. The Kier molecular flexibility index (Phi) is 66.3. The van der Waals surface area contributed by atoms with E-state index in [2.05, 4.69) is 13.8 Å². The van der Waals surface area contributed by atoms with Gasteiger partial charge in [0.15, 0.2) is 6.10 Å². The molecule has 0 fully saturated rings. The minimum absolute atomic E-state index is 0.0589. The zero-order chi connectivity index (χ0) is 58.0. The second-order valence-corrected chi connectivity index (χ2v) is 26.3. The van der Waals surface area contributed by atoms with Gasteiger partial charge in [-0.3, -0.25) is 18.6 Å². The van der Waals surface area contributed by atoms with Crippen LogP contribution in [0.1, 0.15) is 406 Å². The van der Waals surface area contributed by atoms with E-state index in [1.54, 1.807) is 0 Å². The van der Waals surface area contributed by atoms with E-state index in [1.807, 2.05) is 0 Å². The van der Waals surface area contributed by atoms with Crippen LogP contribution in [-0.2, 0) is 32.7 Å². The van der Waals surface area contributed by atoms with Crippen molar-refractivity contribution in [2.75, 3.05) is 26.4 Å². The van der Waals surface area contributed by atoms with Gasteiger partial charge in [-0.1, -0.05) is 380 Å². The molecule has 0 aromatic carbocycles. The van der Waals surface area contributed by atoms with Crippen molar-refractivity contribution < 1.29 is 37.6 Å². The Morgan fingerprint density at radius 2 is 0.537 bits per heavy atom. The molecule has 0 aromatic heterocycles. The van der Waals surface area contributed by atoms with E-state index in [0.29, 0.717) is 12.8 Å². The molecule has 2 unspecified atom stereocenters. The van der Waals surface area contributed by atoms with Crippen LogP contribution in [-0.4, -0.2) is 49.3 Å². The van der Waals surface area contributed by atoms with Gasteiger partial charge in [0.1, 0.15) is 6.61 Å². The van der Waals surface area contributed by atoms with Crippen LogP contribution in [0.3, 0.4) is 0 Å². The summed E-state index contributed by atoms with van der Waals surface area (Å²) in [5, 5.41) is 0. The first-order chi connectivity index (χ1) is 39.3. The Hall–Kier alpha value is -0.990. The average molecular weight is 1150 g/mol. The summed E-state index contributed by atoms with van der Waals surface area (Å²) >= 11 is 0.